The maximum absolute atomic E-state index is 14.1. The van der Waals surface area contributed by atoms with Crippen molar-refractivity contribution < 1.29 is 18.3 Å². The zero-order valence-electron chi connectivity index (χ0n) is 24.5. The van der Waals surface area contributed by atoms with Crippen LogP contribution in [-0.4, -0.2) is 34.0 Å². The monoisotopic (exact) mass is 574 g/mol. The van der Waals surface area contributed by atoms with E-state index in [2.05, 4.69) is 65.9 Å². The van der Waals surface area contributed by atoms with Crippen molar-refractivity contribution in [3.8, 4) is 11.5 Å². The van der Waals surface area contributed by atoms with Crippen molar-refractivity contribution in [2.45, 2.75) is 82.4 Å². The molecule has 0 saturated heterocycles. The van der Waals surface area contributed by atoms with Crippen LogP contribution in [0.5, 0.6) is 0 Å². The van der Waals surface area contributed by atoms with Gasteiger partial charge in [-0.2, -0.15) is 0 Å². The largest absolute Gasteiger partial charge is 0.403 e. The zero-order valence-corrected chi connectivity index (χ0v) is 24.5. The smallest absolute Gasteiger partial charge is 0.316 e. The number of aliphatic hydroxyl groups excluding tert-OH is 1. The number of halogens is 2. The summed E-state index contributed by atoms with van der Waals surface area (Å²) in [5.41, 5.74) is 3.41. The minimum Gasteiger partial charge on any atom is -0.403 e. The molecule has 0 amide bonds. The minimum atomic E-state index is -0.937. The molecule has 0 spiro atoms. The van der Waals surface area contributed by atoms with Crippen LogP contribution in [0.15, 0.2) is 77.2 Å². The molecule has 5 rings (SSSR count). The Kier molecular flexibility index (Phi) is 9.04. The number of hydrogen-bond donors (Lipinski definition) is 3. The Morgan fingerprint density at radius 1 is 0.905 bits per heavy atom. The van der Waals surface area contributed by atoms with Crippen molar-refractivity contribution in [3.63, 3.8) is 0 Å². The maximum Gasteiger partial charge on any atom is 0.316 e. The highest BCUT2D eigenvalue weighted by Crippen LogP contribution is 2.39. The molecule has 3 N–H and O–H groups in total. The lowest BCUT2D eigenvalue weighted by Gasteiger charge is -2.41. The second kappa shape index (κ2) is 12.7. The minimum absolute atomic E-state index is 0.0172. The van der Waals surface area contributed by atoms with Gasteiger partial charge in [-0.15, -0.1) is 5.10 Å². The van der Waals surface area contributed by atoms with Gasteiger partial charge in [-0.1, -0.05) is 87.6 Å². The maximum atomic E-state index is 14.1. The highest BCUT2D eigenvalue weighted by atomic mass is 19.1. The van der Waals surface area contributed by atoms with Crippen molar-refractivity contribution in [1.29, 1.82) is 0 Å². The molecule has 0 bridgehead atoms. The lowest BCUT2D eigenvalue weighted by atomic mass is 9.74. The SMILES string of the molecule is CC(C)(C)c1cccc(C2(NCC(O)C(Cc3cc(F)cc(F)c3)Nc3nnc(-c4ccccc4)o3)CCCCC2)c1. The van der Waals surface area contributed by atoms with Gasteiger partial charge in [0, 0.05) is 23.7 Å². The molecule has 1 aliphatic carbocycles. The van der Waals surface area contributed by atoms with Crippen LogP contribution in [0.3, 0.4) is 0 Å². The van der Waals surface area contributed by atoms with E-state index in [1.54, 1.807) is 0 Å². The van der Waals surface area contributed by atoms with Crippen molar-refractivity contribution in [2.75, 3.05) is 11.9 Å². The van der Waals surface area contributed by atoms with E-state index in [1.807, 2.05) is 30.3 Å². The Morgan fingerprint density at radius 3 is 2.31 bits per heavy atom. The Hall–Kier alpha value is -3.62. The fourth-order valence-corrected chi connectivity index (χ4v) is 5.85. The van der Waals surface area contributed by atoms with Crippen LogP contribution >= 0.6 is 0 Å². The van der Waals surface area contributed by atoms with Crippen molar-refractivity contribution in [2.24, 2.45) is 0 Å². The van der Waals surface area contributed by atoms with Gasteiger partial charge in [0.05, 0.1) is 12.1 Å². The second-order valence-corrected chi connectivity index (χ2v) is 12.4. The summed E-state index contributed by atoms with van der Waals surface area (Å²) in [6.07, 6.45) is 4.51. The molecular weight excluding hydrogens is 534 g/mol. The number of aliphatic hydroxyl groups is 1. The molecule has 1 fully saturated rings. The van der Waals surface area contributed by atoms with E-state index in [1.165, 1.54) is 29.7 Å². The summed E-state index contributed by atoms with van der Waals surface area (Å²) in [6.45, 7) is 6.89. The van der Waals surface area contributed by atoms with E-state index in [0.29, 0.717) is 11.5 Å². The topological polar surface area (TPSA) is 83.2 Å². The van der Waals surface area contributed by atoms with Crippen molar-refractivity contribution >= 4 is 6.01 Å². The van der Waals surface area contributed by atoms with Crippen LogP contribution in [0, 0.1) is 11.6 Å². The molecule has 1 saturated carbocycles. The summed E-state index contributed by atoms with van der Waals surface area (Å²) in [7, 11) is 0. The van der Waals surface area contributed by atoms with Gasteiger partial charge < -0.3 is 20.2 Å². The first-order valence-corrected chi connectivity index (χ1v) is 14.8. The second-order valence-electron chi connectivity index (χ2n) is 12.4. The van der Waals surface area contributed by atoms with Gasteiger partial charge >= 0.3 is 6.01 Å². The third kappa shape index (κ3) is 7.23. The molecule has 42 heavy (non-hydrogen) atoms. The molecule has 8 heteroatoms. The number of nitrogens with zero attached hydrogens (tertiary/aromatic N) is 2. The molecule has 222 valence electrons. The van der Waals surface area contributed by atoms with Crippen molar-refractivity contribution in [3.05, 3.63) is 101 Å². The van der Waals surface area contributed by atoms with Gasteiger partial charge in [0.25, 0.3) is 0 Å². The molecule has 0 radical (unpaired) electrons. The van der Waals surface area contributed by atoms with E-state index < -0.39 is 23.8 Å². The first-order chi connectivity index (χ1) is 20.1. The first-order valence-electron chi connectivity index (χ1n) is 14.8. The predicted molar refractivity (Wildman–Crippen MR) is 161 cm³/mol. The number of nitrogens with one attached hydrogen (secondary N) is 2. The van der Waals surface area contributed by atoms with Gasteiger partial charge in [-0.3, -0.25) is 0 Å². The molecular formula is C34H40F2N4O2. The summed E-state index contributed by atoms with van der Waals surface area (Å²) in [6, 6.07) is 21.0. The summed E-state index contributed by atoms with van der Waals surface area (Å²) in [4.78, 5) is 0. The van der Waals surface area contributed by atoms with Crippen LogP contribution in [-0.2, 0) is 17.4 Å². The summed E-state index contributed by atoms with van der Waals surface area (Å²) < 4.78 is 34.0. The third-order valence-corrected chi connectivity index (χ3v) is 8.23. The molecule has 2 atom stereocenters. The quantitative estimate of drug-likeness (QED) is 0.187. The molecule has 4 aromatic rings. The molecule has 1 aliphatic rings. The van der Waals surface area contributed by atoms with Crippen LogP contribution in [0.2, 0.25) is 0 Å². The molecule has 1 aromatic heterocycles. The Morgan fingerprint density at radius 2 is 1.62 bits per heavy atom. The van der Waals surface area contributed by atoms with E-state index in [4.69, 9.17) is 4.42 Å². The first kappa shape index (κ1) is 29.9. The lowest BCUT2D eigenvalue weighted by molar-refractivity contribution is 0.121. The van der Waals surface area contributed by atoms with Crippen LogP contribution in [0.4, 0.5) is 14.8 Å². The Balaban J connectivity index is 1.39. The molecule has 2 unspecified atom stereocenters. The standard InChI is InChI=1S/C34H40F2N4O2/c1-33(2,3)25-13-10-14-26(20-25)34(15-8-5-9-16-34)37-22-30(41)29(19-23-17-27(35)21-28(36)18-23)38-32-40-39-31(42-32)24-11-6-4-7-12-24/h4,6-7,10-14,17-18,20-21,29-30,37,41H,5,8-9,15-16,19,22H2,1-3H3,(H,38,40). The summed E-state index contributed by atoms with van der Waals surface area (Å²) in [5.74, 6) is -0.998. The fraction of sp³-hybridized carbons (Fsp3) is 0.412. The average Bonchev–Trinajstić information content (AvgIpc) is 3.44. The van der Waals surface area contributed by atoms with Gasteiger partial charge in [0.1, 0.15) is 11.6 Å². The number of hydrogen-bond acceptors (Lipinski definition) is 6. The number of anilines is 1. The normalized spacial score (nSPS) is 16.6. The highest BCUT2D eigenvalue weighted by molar-refractivity contribution is 5.53. The Bertz CT molecular complexity index is 1440. The zero-order chi connectivity index (χ0) is 29.7. The van der Waals surface area contributed by atoms with Crippen molar-refractivity contribution in [1.82, 2.24) is 15.5 Å². The van der Waals surface area contributed by atoms with Crippen LogP contribution < -0.4 is 10.6 Å². The average molecular weight is 575 g/mol. The number of benzene rings is 3. The fourth-order valence-electron chi connectivity index (χ4n) is 5.85. The molecule has 3 aromatic carbocycles. The Labute approximate surface area is 246 Å². The van der Waals surface area contributed by atoms with Crippen LogP contribution in [0.1, 0.15) is 69.6 Å². The van der Waals surface area contributed by atoms with Gasteiger partial charge in [-0.25, -0.2) is 8.78 Å². The van der Waals surface area contributed by atoms with E-state index in [0.717, 1.165) is 37.3 Å². The summed E-state index contributed by atoms with van der Waals surface area (Å²) in [5, 5.41) is 26.7. The van der Waals surface area contributed by atoms with Gasteiger partial charge in [0.2, 0.25) is 5.89 Å². The van der Waals surface area contributed by atoms with Gasteiger partial charge in [-0.05, 0) is 65.6 Å². The van der Waals surface area contributed by atoms with Gasteiger partial charge in [0.15, 0.2) is 0 Å². The predicted octanol–water partition coefficient (Wildman–Crippen LogP) is 7.15. The van der Waals surface area contributed by atoms with Crippen LogP contribution in [0.25, 0.3) is 11.5 Å². The van der Waals surface area contributed by atoms with E-state index in [9.17, 15) is 13.9 Å². The molecule has 1 heterocycles. The number of rotatable bonds is 10. The van der Waals surface area contributed by atoms with E-state index in [-0.39, 0.29) is 29.9 Å². The molecule has 0 aliphatic heterocycles. The van der Waals surface area contributed by atoms with E-state index >= 15 is 0 Å². The highest BCUT2D eigenvalue weighted by Gasteiger charge is 2.35. The number of aromatic nitrogens is 2. The third-order valence-electron chi connectivity index (χ3n) is 8.23. The molecule has 6 nitrogen and oxygen atoms in total. The summed E-state index contributed by atoms with van der Waals surface area (Å²) >= 11 is 0. The lowest BCUT2D eigenvalue weighted by Crippen LogP contribution is -2.51.